The van der Waals surface area contributed by atoms with Crippen LogP contribution in [-0.4, -0.2) is 39.9 Å². The molecular weight excluding hydrogens is 278 g/mol. The number of para-hydroxylation sites is 1. The maximum Gasteiger partial charge on any atom is 0.292 e. The fourth-order valence-corrected chi connectivity index (χ4v) is 2.01. The molecule has 0 bridgehead atoms. The highest BCUT2D eigenvalue weighted by Gasteiger charge is 2.32. The van der Waals surface area contributed by atoms with E-state index in [2.05, 4.69) is 5.32 Å². The molecular formula is C13H13N3O5. The second-order valence-electron chi connectivity index (χ2n) is 4.43. The molecule has 0 aliphatic carbocycles. The number of hydrogen-bond acceptors (Lipinski definition) is 6. The number of rotatable bonds is 5. The first-order valence-corrected chi connectivity index (χ1v) is 6.15. The van der Waals surface area contributed by atoms with Gasteiger partial charge in [-0.3, -0.25) is 24.6 Å². The van der Waals surface area contributed by atoms with E-state index in [0.29, 0.717) is 5.56 Å². The van der Waals surface area contributed by atoms with Gasteiger partial charge in [-0.15, -0.1) is 0 Å². The Kier molecular flexibility index (Phi) is 3.99. The molecule has 1 aliphatic rings. The number of benzene rings is 1. The number of nitrogens with zero attached hydrogens (tertiary/aromatic N) is 2. The Bertz CT molecular complexity index is 653. The summed E-state index contributed by atoms with van der Waals surface area (Å²) in [5.74, 6) is -1.18. The van der Waals surface area contributed by atoms with E-state index in [4.69, 9.17) is 5.11 Å². The van der Waals surface area contributed by atoms with Crippen LogP contribution >= 0.6 is 0 Å². The lowest BCUT2D eigenvalue weighted by molar-refractivity contribution is -0.384. The molecule has 0 fully saturated rings. The van der Waals surface area contributed by atoms with Crippen molar-refractivity contribution in [2.45, 2.75) is 6.92 Å². The van der Waals surface area contributed by atoms with Crippen molar-refractivity contribution >= 4 is 23.2 Å². The minimum atomic E-state index is -0.619. The van der Waals surface area contributed by atoms with Gasteiger partial charge in [-0.1, -0.05) is 12.1 Å². The van der Waals surface area contributed by atoms with Crippen LogP contribution in [0.4, 0.5) is 11.4 Å². The number of hydrogen-bond donors (Lipinski definition) is 2. The summed E-state index contributed by atoms with van der Waals surface area (Å²) in [6.07, 6.45) is 1.06. The second kappa shape index (κ2) is 5.71. The van der Waals surface area contributed by atoms with Gasteiger partial charge in [0.2, 0.25) is 0 Å². The summed E-state index contributed by atoms with van der Waals surface area (Å²) >= 11 is 0. The third kappa shape index (κ3) is 2.75. The van der Waals surface area contributed by atoms with Crippen LogP contribution in [0.25, 0.3) is 0 Å². The van der Waals surface area contributed by atoms with Crippen LogP contribution in [0.15, 0.2) is 30.0 Å². The van der Waals surface area contributed by atoms with E-state index >= 15 is 0 Å². The van der Waals surface area contributed by atoms with Crippen LogP contribution in [-0.2, 0) is 9.59 Å². The molecule has 0 saturated heterocycles. The summed E-state index contributed by atoms with van der Waals surface area (Å²) in [5.41, 5.74) is 0.509. The largest absolute Gasteiger partial charge is 0.395 e. The number of aliphatic hydroxyl groups is 1. The van der Waals surface area contributed by atoms with Crippen LogP contribution in [0.2, 0.25) is 0 Å². The maximum absolute atomic E-state index is 12.0. The van der Waals surface area contributed by atoms with E-state index in [0.717, 1.165) is 11.0 Å². The molecule has 0 aromatic heterocycles. The summed E-state index contributed by atoms with van der Waals surface area (Å²) in [6, 6.07) is 4.50. The number of imide groups is 1. The molecule has 8 nitrogen and oxygen atoms in total. The van der Waals surface area contributed by atoms with Crippen LogP contribution in [0.1, 0.15) is 5.56 Å². The molecule has 0 radical (unpaired) electrons. The zero-order valence-corrected chi connectivity index (χ0v) is 11.2. The van der Waals surface area contributed by atoms with Crippen molar-refractivity contribution in [1.29, 1.82) is 0 Å². The SMILES string of the molecule is Cc1cccc([N+](=O)[O-])c1NC1=CC(=O)N(CCO)C1=O. The van der Waals surface area contributed by atoms with Gasteiger partial charge in [-0.2, -0.15) is 0 Å². The average molecular weight is 291 g/mol. The molecule has 0 saturated carbocycles. The van der Waals surface area contributed by atoms with Crippen molar-refractivity contribution < 1.29 is 19.6 Å². The second-order valence-corrected chi connectivity index (χ2v) is 4.43. The van der Waals surface area contributed by atoms with Crippen LogP contribution < -0.4 is 5.32 Å². The lowest BCUT2D eigenvalue weighted by Gasteiger charge is -2.14. The van der Waals surface area contributed by atoms with Gasteiger partial charge in [0, 0.05) is 12.1 Å². The number of carbonyl (C=O) groups is 2. The Hall–Kier alpha value is -2.74. The predicted molar refractivity (Wildman–Crippen MR) is 73.3 cm³/mol. The van der Waals surface area contributed by atoms with Crippen molar-refractivity contribution in [1.82, 2.24) is 4.90 Å². The van der Waals surface area contributed by atoms with Gasteiger partial charge in [0.05, 0.1) is 18.1 Å². The standard InChI is InChI=1S/C13H13N3O5/c1-8-3-2-4-10(16(20)21)12(8)14-9-7-11(18)15(5-6-17)13(9)19/h2-4,7,14,17H,5-6H2,1H3. The zero-order valence-electron chi connectivity index (χ0n) is 11.2. The monoisotopic (exact) mass is 291 g/mol. The molecule has 1 heterocycles. The Labute approximate surface area is 119 Å². The third-order valence-electron chi connectivity index (χ3n) is 3.04. The first-order chi connectivity index (χ1) is 9.95. The van der Waals surface area contributed by atoms with E-state index in [1.807, 2.05) is 0 Å². The molecule has 1 aromatic rings. The molecule has 0 spiro atoms. The molecule has 8 heteroatoms. The summed E-state index contributed by atoms with van der Waals surface area (Å²) in [6.45, 7) is 1.20. The molecule has 1 aliphatic heterocycles. The highest BCUT2D eigenvalue weighted by atomic mass is 16.6. The molecule has 2 N–H and O–H groups in total. The summed E-state index contributed by atoms with van der Waals surface area (Å²) in [4.78, 5) is 34.9. The quantitative estimate of drug-likeness (QED) is 0.465. The number of aryl methyl sites for hydroxylation is 1. The number of β-amino-alcohol motifs (C(OH)–C–C–N with tert-alkyl or cyclic N) is 1. The number of aliphatic hydroxyl groups excluding tert-OH is 1. The fraction of sp³-hybridized carbons (Fsp3) is 0.231. The third-order valence-corrected chi connectivity index (χ3v) is 3.04. The van der Waals surface area contributed by atoms with Crippen molar-refractivity contribution in [2.24, 2.45) is 0 Å². The lowest BCUT2D eigenvalue weighted by Crippen LogP contribution is -2.34. The summed E-state index contributed by atoms with van der Waals surface area (Å²) < 4.78 is 0. The number of anilines is 1. The van der Waals surface area contributed by atoms with Crippen LogP contribution in [0.5, 0.6) is 0 Å². The summed E-state index contributed by atoms with van der Waals surface area (Å²) in [7, 11) is 0. The van der Waals surface area contributed by atoms with Crippen LogP contribution in [0.3, 0.4) is 0 Å². The number of carbonyl (C=O) groups excluding carboxylic acids is 2. The van der Waals surface area contributed by atoms with Gasteiger partial charge in [-0.05, 0) is 12.5 Å². The first-order valence-electron chi connectivity index (χ1n) is 6.15. The molecule has 110 valence electrons. The van der Waals surface area contributed by atoms with E-state index in [1.165, 1.54) is 12.1 Å². The van der Waals surface area contributed by atoms with Gasteiger partial charge < -0.3 is 10.4 Å². The van der Waals surface area contributed by atoms with E-state index in [-0.39, 0.29) is 30.2 Å². The highest BCUT2D eigenvalue weighted by molar-refractivity contribution is 6.17. The Morgan fingerprint density at radius 3 is 2.71 bits per heavy atom. The van der Waals surface area contributed by atoms with Crippen molar-refractivity contribution in [3.8, 4) is 0 Å². The molecule has 0 atom stereocenters. The zero-order chi connectivity index (χ0) is 15.6. The van der Waals surface area contributed by atoms with Crippen LogP contribution in [0, 0.1) is 17.0 Å². The fourth-order valence-electron chi connectivity index (χ4n) is 2.01. The van der Waals surface area contributed by atoms with Gasteiger partial charge in [0.25, 0.3) is 17.5 Å². The number of nitro groups is 1. The number of nitrogens with one attached hydrogen (secondary N) is 1. The first kappa shape index (κ1) is 14.7. The minimum absolute atomic E-state index is 0.0501. The maximum atomic E-state index is 12.0. The van der Waals surface area contributed by atoms with Gasteiger partial charge in [0.1, 0.15) is 11.4 Å². The Balaban J connectivity index is 2.32. The topological polar surface area (TPSA) is 113 Å². The highest BCUT2D eigenvalue weighted by Crippen LogP contribution is 2.30. The van der Waals surface area contributed by atoms with E-state index < -0.39 is 16.7 Å². The number of amides is 2. The van der Waals surface area contributed by atoms with Gasteiger partial charge in [0.15, 0.2) is 0 Å². The summed E-state index contributed by atoms with van der Waals surface area (Å²) in [5, 5.41) is 22.5. The lowest BCUT2D eigenvalue weighted by atomic mass is 10.1. The Morgan fingerprint density at radius 1 is 1.38 bits per heavy atom. The van der Waals surface area contributed by atoms with E-state index in [9.17, 15) is 19.7 Å². The normalized spacial score (nSPS) is 14.4. The average Bonchev–Trinajstić information content (AvgIpc) is 2.69. The van der Waals surface area contributed by atoms with Gasteiger partial charge >= 0.3 is 0 Å². The van der Waals surface area contributed by atoms with E-state index in [1.54, 1.807) is 13.0 Å². The molecule has 1 aromatic carbocycles. The van der Waals surface area contributed by atoms with Crippen molar-refractivity contribution in [3.05, 3.63) is 45.6 Å². The number of nitro benzene ring substituents is 1. The predicted octanol–water partition coefficient (Wildman–Crippen LogP) is 0.560. The minimum Gasteiger partial charge on any atom is -0.395 e. The molecule has 2 amide bonds. The molecule has 0 unspecified atom stereocenters. The Morgan fingerprint density at radius 2 is 2.10 bits per heavy atom. The van der Waals surface area contributed by atoms with Crippen molar-refractivity contribution in [3.63, 3.8) is 0 Å². The van der Waals surface area contributed by atoms with Crippen molar-refractivity contribution in [2.75, 3.05) is 18.5 Å². The molecule has 21 heavy (non-hydrogen) atoms. The van der Waals surface area contributed by atoms with Gasteiger partial charge in [-0.25, -0.2) is 0 Å². The molecule has 2 rings (SSSR count). The smallest absolute Gasteiger partial charge is 0.292 e.